The van der Waals surface area contributed by atoms with Gasteiger partial charge < -0.3 is 9.32 Å². The van der Waals surface area contributed by atoms with Crippen LogP contribution in [0.3, 0.4) is 0 Å². The molecule has 2 fully saturated rings. The van der Waals surface area contributed by atoms with Crippen molar-refractivity contribution in [3.63, 3.8) is 0 Å². The highest BCUT2D eigenvalue weighted by Gasteiger charge is 2.49. The fourth-order valence-corrected chi connectivity index (χ4v) is 3.78. The van der Waals surface area contributed by atoms with Crippen LogP contribution in [0.15, 0.2) is 41.1 Å². The second kappa shape index (κ2) is 5.47. The molecule has 2 amide bonds. The Kier molecular flexibility index (Phi) is 3.40. The number of rotatable bonds is 2. The predicted molar refractivity (Wildman–Crippen MR) is 87.6 cm³/mol. The summed E-state index contributed by atoms with van der Waals surface area (Å²) in [5.41, 5.74) is 0.444. The summed E-state index contributed by atoms with van der Waals surface area (Å²) < 4.78 is 5.24. The van der Waals surface area contributed by atoms with Gasteiger partial charge in [0, 0.05) is 37.7 Å². The van der Waals surface area contributed by atoms with Crippen LogP contribution in [0, 0.1) is 12.3 Å². The van der Waals surface area contributed by atoms with Crippen molar-refractivity contribution >= 4 is 17.6 Å². The van der Waals surface area contributed by atoms with Crippen LogP contribution in [0.4, 0.5) is 5.82 Å². The van der Waals surface area contributed by atoms with Crippen molar-refractivity contribution in [2.75, 3.05) is 24.5 Å². The van der Waals surface area contributed by atoms with Crippen LogP contribution in [0.1, 0.15) is 29.0 Å². The molecule has 2 aromatic heterocycles. The highest BCUT2D eigenvalue weighted by Crippen LogP contribution is 2.41. The number of amides is 2. The first-order chi connectivity index (χ1) is 11.6. The van der Waals surface area contributed by atoms with Crippen LogP contribution in [-0.4, -0.2) is 41.3 Å². The molecule has 0 aliphatic carbocycles. The highest BCUT2D eigenvalue weighted by atomic mass is 16.3. The third-order valence-electron chi connectivity index (χ3n) is 5.06. The zero-order chi connectivity index (χ0) is 16.7. The van der Waals surface area contributed by atoms with Gasteiger partial charge in [0.25, 0.3) is 5.91 Å². The van der Waals surface area contributed by atoms with E-state index in [1.165, 1.54) is 6.26 Å². The van der Waals surface area contributed by atoms with Crippen LogP contribution in [0.5, 0.6) is 0 Å². The van der Waals surface area contributed by atoms with Crippen LogP contribution in [0.25, 0.3) is 0 Å². The fourth-order valence-electron chi connectivity index (χ4n) is 3.78. The Bertz CT molecular complexity index is 786. The zero-order valence-electron chi connectivity index (χ0n) is 13.6. The van der Waals surface area contributed by atoms with Gasteiger partial charge in [0.15, 0.2) is 0 Å². The molecular formula is C18H19N3O3. The Morgan fingerprint density at radius 3 is 2.88 bits per heavy atom. The molecular weight excluding hydrogens is 306 g/mol. The SMILES string of the molecule is Cc1occc1C(=O)N1CC[C@@]2(CC(=O)N(c3ccccn3)C2)C1. The molecule has 0 N–H and O–H groups in total. The lowest BCUT2D eigenvalue weighted by Crippen LogP contribution is -2.34. The second-order valence-electron chi connectivity index (χ2n) is 6.71. The quantitative estimate of drug-likeness (QED) is 0.849. The summed E-state index contributed by atoms with van der Waals surface area (Å²) in [6.07, 6.45) is 4.54. The number of carbonyl (C=O) groups is 2. The Labute approximate surface area is 140 Å². The minimum atomic E-state index is -0.165. The van der Waals surface area contributed by atoms with Gasteiger partial charge in [0.05, 0.1) is 11.8 Å². The van der Waals surface area contributed by atoms with E-state index >= 15 is 0 Å². The Hall–Kier alpha value is -2.63. The first kappa shape index (κ1) is 14.9. The van der Waals surface area contributed by atoms with Gasteiger partial charge in [0.2, 0.25) is 5.91 Å². The molecule has 1 atom stereocenters. The summed E-state index contributed by atoms with van der Waals surface area (Å²) >= 11 is 0. The van der Waals surface area contributed by atoms with Crippen molar-refractivity contribution in [2.45, 2.75) is 19.8 Å². The number of hydrogen-bond acceptors (Lipinski definition) is 4. The maximum Gasteiger partial charge on any atom is 0.257 e. The molecule has 0 radical (unpaired) electrons. The molecule has 0 bridgehead atoms. The summed E-state index contributed by atoms with van der Waals surface area (Å²) in [5.74, 6) is 1.40. The molecule has 0 saturated carbocycles. The topological polar surface area (TPSA) is 66.7 Å². The lowest BCUT2D eigenvalue weighted by molar-refractivity contribution is -0.117. The second-order valence-corrected chi connectivity index (χ2v) is 6.71. The van der Waals surface area contributed by atoms with Gasteiger partial charge in [-0.05, 0) is 31.5 Å². The van der Waals surface area contributed by atoms with E-state index in [0.717, 1.165) is 6.42 Å². The third-order valence-corrected chi connectivity index (χ3v) is 5.06. The minimum Gasteiger partial charge on any atom is -0.469 e. The van der Waals surface area contributed by atoms with Gasteiger partial charge in [-0.2, -0.15) is 0 Å². The molecule has 24 heavy (non-hydrogen) atoms. The number of aromatic nitrogens is 1. The Morgan fingerprint density at radius 2 is 2.17 bits per heavy atom. The van der Waals surface area contributed by atoms with E-state index in [1.54, 1.807) is 24.1 Å². The van der Waals surface area contributed by atoms with Gasteiger partial charge in [-0.15, -0.1) is 0 Å². The summed E-state index contributed by atoms with van der Waals surface area (Å²) in [6.45, 7) is 3.69. The smallest absolute Gasteiger partial charge is 0.257 e. The number of furan rings is 1. The van der Waals surface area contributed by atoms with Gasteiger partial charge >= 0.3 is 0 Å². The molecule has 4 heterocycles. The van der Waals surface area contributed by atoms with Crippen molar-refractivity contribution in [3.8, 4) is 0 Å². The average molecular weight is 325 g/mol. The van der Waals surface area contributed by atoms with Gasteiger partial charge in [-0.1, -0.05) is 6.07 Å². The van der Waals surface area contributed by atoms with Crippen molar-refractivity contribution in [1.82, 2.24) is 9.88 Å². The van der Waals surface area contributed by atoms with E-state index in [9.17, 15) is 9.59 Å². The molecule has 0 unspecified atom stereocenters. The van der Waals surface area contributed by atoms with E-state index in [0.29, 0.717) is 43.2 Å². The maximum atomic E-state index is 12.7. The van der Waals surface area contributed by atoms with E-state index in [-0.39, 0.29) is 17.2 Å². The third kappa shape index (κ3) is 2.38. The normalized spacial score (nSPS) is 23.5. The van der Waals surface area contributed by atoms with E-state index < -0.39 is 0 Å². The number of nitrogens with zero attached hydrogens (tertiary/aromatic N) is 3. The van der Waals surface area contributed by atoms with E-state index in [2.05, 4.69) is 4.98 Å². The molecule has 2 saturated heterocycles. The van der Waals surface area contributed by atoms with Crippen LogP contribution >= 0.6 is 0 Å². The van der Waals surface area contributed by atoms with Gasteiger partial charge in [-0.3, -0.25) is 14.5 Å². The summed E-state index contributed by atoms with van der Waals surface area (Å²) in [5, 5.41) is 0. The Morgan fingerprint density at radius 1 is 1.29 bits per heavy atom. The van der Waals surface area contributed by atoms with Gasteiger partial charge in [-0.25, -0.2) is 4.98 Å². The first-order valence-corrected chi connectivity index (χ1v) is 8.13. The fraction of sp³-hybridized carbons (Fsp3) is 0.389. The van der Waals surface area contributed by atoms with Crippen LogP contribution in [-0.2, 0) is 4.79 Å². The standard InChI is InChI=1S/C18H19N3O3/c1-13-14(5-9-24-13)17(23)20-8-6-18(11-20)10-16(22)21(12-18)15-4-2-3-7-19-15/h2-5,7,9H,6,8,10-12H2,1H3/t18-/m1/s1. The average Bonchev–Trinajstić information content (AvgIpc) is 3.28. The van der Waals surface area contributed by atoms with Crippen molar-refractivity contribution < 1.29 is 14.0 Å². The van der Waals surface area contributed by atoms with Crippen molar-refractivity contribution in [3.05, 3.63) is 48.0 Å². The predicted octanol–water partition coefficient (Wildman–Crippen LogP) is 2.25. The highest BCUT2D eigenvalue weighted by molar-refractivity contribution is 5.97. The summed E-state index contributed by atoms with van der Waals surface area (Å²) in [7, 11) is 0. The Balaban J connectivity index is 1.51. The van der Waals surface area contributed by atoms with Crippen LogP contribution in [0.2, 0.25) is 0 Å². The van der Waals surface area contributed by atoms with E-state index in [4.69, 9.17) is 4.42 Å². The largest absolute Gasteiger partial charge is 0.469 e. The number of likely N-dealkylation sites (tertiary alicyclic amines) is 1. The maximum absolute atomic E-state index is 12.7. The van der Waals surface area contributed by atoms with Gasteiger partial charge in [0.1, 0.15) is 11.6 Å². The molecule has 2 aliphatic rings. The molecule has 2 aromatic rings. The first-order valence-electron chi connectivity index (χ1n) is 8.13. The number of aryl methyl sites for hydroxylation is 1. The lowest BCUT2D eigenvalue weighted by Gasteiger charge is -2.23. The molecule has 6 heteroatoms. The summed E-state index contributed by atoms with van der Waals surface area (Å²) in [6, 6.07) is 7.28. The lowest BCUT2D eigenvalue weighted by atomic mass is 9.86. The molecule has 1 spiro atoms. The summed E-state index contributed by atoms with van der Waals surface area (Å²) in [4.78, 5) is 33.0. The van der Waals surface area contributed by atoms with Crippen molar-refractivity contribution in [2.24, 2.45) is 5.41 Å². The van der Waals surface area contributed by atoms with Crippen LogP contribution < -0.4 is 4.90 Å². The molecule has 124 valence electrons. The monoisotopic (exact) mass is 325 g/mol. The molecule has 4 rings (SSSR count). The molecule has 0 aromatic carbocycles. The molecule has 2 aliphatic heterocycles. The van der Waals surface area contributed by atoms with E-state index in [1.807, 2.05) is 23.1 Å². The minimum absolute atomic E-state index is 0.0122. The van der Waals surface area contributed by atoms with Crippen molar-refractivity contribution in [1.29, 1.82) is 0 Å². The number of anilines is 1. The number of carbonyl (C=O) groups excluding carboxylic acids is 2. The molecule has 6 nitrogen and oxygen atoms in total. The number of hydrogen-bond donors (Lipinski definition) is 0. The zero-order valence-corrected chi connectivity index (χ0v) is 13.6. The number of pyridine rings is 1.